The summed E-state index contributed by atoms with van der Waals surface area (Å²) in [5, 5.41) is 19.3. The third-order valence-electron chi connectivity index (χ3n) is 6.12. The Bertz CT molecular complexity index is 467. The van der Waals surface area contributed by atoms with Crippen LogP contribution in [0.4, 0.5) is 0 Å². The first-order valence-electron chi connectivity index (χ1n) is 12.7. The number of Topliss-reactive ketones (excluding diaryl/α,β-unsaturated/α-hetero) is 1. The fourth-order valence-electron chi connectivity index (χ4n) is 3.98. The number of aliphatic hydroxyl groups is 2. The molecule has 0 saturated carbocycles. The topological polar surface area (TPSA) is 93.1 Å². The lowest BCUT2D eigenvalue weighted by atomic mass is 10.0. The lowest BCUT2D eigenvalue weighted by Crippen LogP contribution is -2.52. The van der Waals surface area contributed by atoms with Gasteiger partial charge >= 0.3 is 5.97 Å². The molecule has 6 nitrogen and oxygen atoms in total. The van der Waals surface area contributed by atoms with E-state index >= 15 is 0 Å². The largest absolute Gasteiger partial charge is 0.463 e. The molecule has 1 rings (SSSR count). The Labute approximate surface area is 189 Å². The van der Waals surface area contributed by atoms with Crippen molar-refractivity contribution in [2.45, 2.75) is 134 Å². The van der Waals surface area contributed by atoms with Crippen LogP contribution in [-0.2, 0) is 19.1 Å². The number of ether oxygens (including phenoxy) is 2. The molecule has 0 amide bonds. The highest BCUT2D eigenvalue weighted by Crippen LogP contribution is 2.15. The van der Waals surface area contributed by atoms with Gasteiger partial charge in [-0.1, -0.05) is 103 Å². The number of esters is 1. The predicted molar refractivity (Wildman–Crippen MR) is 122 cm³/mol. The van der Waals surface area contributed by atoms with E-state index < -0.39 is 24.1 Å². The molecule has 0 radical (unpaired) electrons. The summed E-state index contributed by atoms with van der Waals surface area (Å²) in [6, 6.07) is 0. The fourth-order valence-corrected chi connectivity index (χ4v) is 3.98. The Balaban J connectivity index is 1.83. The molecule has 2 N–H and O–H groups in total. The van der Waals surface area contributed by atoms with Gasteiger partial charge in [0.1, 0.15) is 31.5 Å². The standard InChI is InChI=1S/C25H46O6/c1-2-3-4-5-6-7-8-9-10-11-12-13-14-15-16-17-18-23(27)31-20-22-25(29)24(28)21(26)19-30-22/h22,24-25,28-29H,2-20H2,1H3/t22-,24-,25-/m1/s1. The molecule has 0 aliphatic carbocycles. The second-order valence-corrected chi connectivity index (χ2v) is 8.99. The number of rotatable bonds is 19. The van der Waals surface area contributed by atoms with Crippen molar-refractivity contribution in [2.24, 2.45) is 0 Å². The van der Waals surface area contributed by atoms with Crippen molar-refractivity contribution in [1.29, 1.82) is 0 Å². The Kier molecular flexibility index (Phi) is 16.8. The number of ketones is 1. The monoisotopic (exact) mass is 442 g/mol. The van der Waals surface area contributed by atoms with E-state index in [-0.39, 0.29) is 19.2 Å². The van der Waals surface area contributed by atoms with E-state index in [1.807, 2.05) is 0 Å². The molecule has 1 aliphatic rings. The van der Waals surface area contributed by atoms with E-state index in [0.29, 0.717) is 6.42 Å². The Morgan fingerprint density at radius 1 is 0.839 bits per heavy atom. The molecular weight excluding hydrogens is 396 g/mol. The van der Waals surface area contributed by atoms with E-state index in [1.165, 1.54) is 83.5 Å². The quantitative estimate of drug-likeness (QED) is 0.219. The Morgan fingerprint density at radius 3 is 1.77 bits per heavy atom. The van der Waals surface area contributed by atoms with Crippen LogP contribution in [0.1, 0.15) is 116 Å². The van der Waals surface area contributed by atoms with E-state index in [9.17, 15) is 19.8 Å². The van der Waals surface area contributed by atoms with E-state index in [2.05, 4.69) is 6.92 Å². The first-order valence-corrected chi connectivity index (χ1v) is 12.7. The molecule has 0 spiro atoms. The minimum absolute atomic E-state index is 0.136. The van der Waals surface area contributed by atoms with E-state index in [0.717, 1.165) is 19.3 Å². The minimum Gasteiger partial charge on any atom is -0.463 e. The van der Waals surface area contributed by atoms with Crippen molar-refractivity contribution in [2.75, 3.05) is 13.2 Å². The van der Waals surface area contributed by atoms with Gasteiger partial charge in [-0.3, -0.25) is 9.59 Å². The van der Waals surface area contributed by atoms with Crippen LogP contribution >= 0.6 is 0 Å². The van der Waals surface area contributed by atoms with Crippen LogP contribution in [0.25, 0.3) is 0 Å². The summed E-state index contributed by atoms with van der Waals surface area (Å²) in [6.07, 6.45) is 17.3. The van der Waals surface area contributed by atoms with Crippen LogP contribution in [0.2, 0.25) is 0 Å². The second-order valence-electron chi connectivity index (χ2n) is 8.99. The van der Waals surface area contributed by atoms with Gasteiger partial charge in [-0.25, -0.2) is 0 Å². The molecule has 0 unspecified atom stereocenters. The molecule has 1 fully saturated rings. The summed E-state index contributed by atoms with van der Waals surface area (Å²) < 4.78 is 10.2. The highest BCUT2D eigenvalue weighted by molar-refractivity contribution is 5.85. The third-order valence-corrected chi connectivity index (χ3v) is 6.12. The molecule has 3 atom stereocenters. The summed E-state index contributed by atoms with van der Waals surface area (Å²) in [4.78, 5) is 23.0. The van der Waals surface area contributed by atoms with Crippen LogP contribution < -0.4 is 0 Å². The van der Waals surface area contributed by atoms with Crippen LogP contribution in [0.3, 0.4) is 0 Å². The third kappa shape index (κ3) is 13.9. The van der Waals surface area contributed by atoms with Crippen molar-refractivity contribution in [3.05, 3.63) is 0 Å². The van der Waals surface area contributed by atoms with Crippen LogP contribution in [-0.4, -0.2) is 53.5 Å². The number of hydrogen-bond acceptors (Lipinski definition) is 6. The summed E-state index contributed by atoms with van der Waals surface area (Å²) in [5.41, 5.74) is 0. The minimum atomic E-state index is -1.46. The normalized spacial score (nSPS) is 21.4. The van der Waals surface area contributed by atoms with Crippen molar-refractivity contribution < 1.29 is 29.3 Å². The summed E-state index contributed by atoms with van der Waals surface area (Å²) >= 11 is 0. The van der Waals surface area contributed by atoms with Gasteiger partial charge in [0.2, 0.25) is 0 Å². The second kappa shape index (κ2) is 18.6. The van der Waals surface area contributed by atoms with Crippen LogP contribution in [0.15, 0.2) is 0 Å². The summed E-state index contributed by atoms with van der Waals surface area (Å²) in [6.45, 7) is 1.86. The smallest absolute Gasteiger partial charge is 0.305 e. The average Bonchev–Trinajstić information content (AvgIpc) is 2.76. The molecule has 1 heterocycles. The maximum absolute atomic E-state index is 11.8. The SMILES string of the molecule is CCCCCCCCCCCCCCCCCCC(=O)OC[C@H]1OCC(=O)[C@@H](O)[C@@H]1O. The molecular formula is C25H46O6. The van der Waals surface area contributed by atoms with Crippen molar-refractivity contribution >= 4 is 11.8 Å². The molecule has 182 valence electrons. The van der Waals surface area contributed by atoms with Gasteiger partial charge in [0.15, 0.2) is 5.78 Å². The first-order chi connectivity index (χ1) is 15.1. The highest BCUT2D eigenvalue weighted by atomic mass is 16.6. The van der Waals surface area contributed by atoms with Gasteiger partial charge in [-0.15, -0.1) is 0 Å². The Hall–Kier alpha value is -0.980. The van der Waals surface area contributed by atoms with Crippen LogP contribution in [0, 0.1) is 0 Å². The fraction of sp³-hybridized carbons (Fsp3) is 0.920. The first kappa shape index (κ1) is 28.1. The van der Waals surface area contributed by atoms with Crippen molar-refractivity contribution in [3.8, 4) is 0 Å². The number of hydrogen-bond donors (Lipinski definition) is 2. The van der Waals surface area contributed by atoms with Gasteiger partial charge < -0.3 is 19.7 Å². The zero-order valence-electron chi connectivity index (χ0n) is 19.7. The zero-order valence-corrected chi connectivity index (χ0v) is 19.7. The van der Waals surface area contributed by atoms with Gasteiger partial charge in [0.25, 0.3) is 0 Å². The van der Waals surface area contributed by atoms with E-state index in [1.54, 1.807) is 0 Å². The lowest BCUT2D eigenvalue weighted by Gasteiger charge is -2.30. The number of carbonyl (C=O) groups is 2. The van der Waals surface area contributed by atoms with Crippen molar-refractivity contribution in [1.82, 2.24) is 0 Å². The molecule has 0 aromatic carbocycles. The molecule has 1 aliphatic heterocycles. The molecule has 0 bridgehead atoms. The molecule has 0 aromatic rings. The summed E-state index contributed by atoms with van der Waals surface area (Å²) in [7, 11) is 0. The molecule has 31 heavy (non-hydrogen) atoms. The number of carbonyl (C=O) groups excluding carboxylic acids is 2. The van der Waals surface area contributed by atoms with Gasteiger partial charge in [0.05, 0.1) is 0 Å². The summed E-state index contributed by atoms with van der Waals surface area (Å²) in [5.74, 6) is -0.879. The highest BCUT2D eigenvalue weighted by Gasteiger charge is 2.37. The maximum Gasteiger partial charge on any atom is 0.305 e. The number of unbranched alkanes of at least 4 members (excludes halogenated alkanes) is 15. The zero-order chi connectivity index (χ0) is 22.7. The maximum atomic E-state index is 11.8. The van der Waals surface area contributed by atoms with Gasteiger partial charge in [-0.2, -0.15) is 0 Å². The van der Waals surface area contributed by atoms with E-state index in [4.69, 9.17) is 9.47 Å². The van der Waals surface area contributed by atoms with Gasteiger partial charge in [-0.05, 0) is 6.42 Å². The molecule has 0 aromatic heterocycles. The Morgan fingerprint density at radius 2 is 1.29 bits per heavy atom. The average molecular weight is 443 g/mol. The van der Waals surface area contributed by atoms with Crippen molar-refractivity contribution in [3.63, 3.8) is 0 Å². The molecule has 6 heteroatoms. The number of aliphatic hydroxyl groups excluding tert-OH is 2. The molecule has 1 saturated heterocycles. The lowest BCUT2D eigenvalue weighted by molar-refractivity contribution is -0.177. The van der Waals surface area contributed by atoms with Crippen LogP contribution in [0.5, 0.6) is 0 Å². The van der Waals surface area contributed by atoms with Gasteiger partial charge in [0, 0.05) is 6.42 Å². The predicted octanol–water partition coefficient (Wildman–Crippen LogP) is 4.87.